The Morgan fingerprint density at radius 1 is 1.05 bits per heavy atom. The summed E-state index contributed by atoms with van der Waals surface area (Å²) >= 11 is 3.85. The summed E-state index contributed by atoms with van der Waals surface area (Å²) in [7, 11) is 0. The summed E-state index contributed by atoms with van der Waals surface area (Å²) in [4.78, 5) is 0. The van der Waals surface area contributed by atoms with E-state index in [1.807, 2.05) is 0 Å². The molecule has 4 rings (SSSR count). The van der Waals surface area contributed by atoms with Crippen LogP contribution in [0.1, 0.15) is 48.4 Å². The first kappa shape index (κ1) is 13.6. The lowest BCUT2D eigenvalue weighted by atomic mass is 9.85. The molecule has 0 saturated heterocycles. The van der Waals surface area contributed by atoms with Crippen LogP contribution in [0.2, 0.25) is 0 Å². The minimum atomic E-state index is 0.593. The van der Waals surface area contributed by atoms with E-state index in [0.717, 1.165) is 6.42 Å². The second-order valence-electron chi connectivity index (χ2n) is 6.62. The summed E-state index contributed by atoms with van der Waals surface area (Å²) in [6.45, 7) is 2.33. The van der Waals surface area contributed by atoms with Gasteiger partial charge >= 0.3 is 0 Å². The summed E-state index contributed by atoms with van der Waals surface area (Å²) in [5.74, 6) is 0.593. The highest BCUT2D eigenvalue weighted by atomic mass is 79.9. The Hall–Kier alpha value is -1.08. The molecule has 1 aromatic carbocycles. The van der Waals surface area contributed by atoms with Gasteiger partial charge in [0.05, 0.1) is 0 Å². The smallest absolute Gasteiger partial charge is 0.0216 e. The summed E-state index contributed by atoms with van der Waals surface area (Å²) in [5, 5.41) is 0. The van der Waals surface area contributed by atoms with Crippen LogP contribution in [0, 0.1) is 5.92 Å². The third kappa shape index (κ3) is 2.26. The number of rotatable bonds is 2. The van der Waals surface area contributed by atoms with Crippen LogP contribution >= 0.6 is 15.9 Å². The lowest BCUT2D eigenvalue weighted by Gasteiger charge is -2.22. The summed E-state index contributed by atoms with van der Waals surface area (Å²) in [6.07, 6.45) is 16.6. The van der Waals surface area contributed by atoms with E-state index in [9.17, 15) is 0 Å². The normalized spacial score (nSPS) is 20.3. The van der Waals surface area contributed by atoms with Gasteiger partial charge in [0, 0.05) is 4.47 Å². The predicted molar refractivity (Wildman–Crippen MR) is 93.5 cm³/mol. The minimum Gasteiger partial charge on any atom is -0.0773 e. The van der Waals surface area contributed by atoms with Crippen LogP contribution in [0.4, 0.5) is 0 Å². The van der Waals surface area contributed by atoms with Crippen molar-refractivity contribution in [2.75, 3.05) is 0 Å². The van der Waals surface area contributed by atoms with Crippen molar-refractivity contribution < 1.29 is 0 Å². The molecule has 3 aliphatic carbocycles. The molecular formula is C20H21Br. The Labute approximate surface area is 135 Å². The van der Waals surface area contributed by atoms with Gasteiger partial charge in [0.25, 0.3) is 0 Å². The van der Waals surface area contributed by atoms with Gasteiger partial charge in [-0.2, -0.15) is 0 Å². The Morgan fingerprint density at radius 3 is 2.52 bits per heavy atom. The van der Waals surface area contributed by atoms with Crippen LogP contribution in [-0.4, -0.2) is 0 Å². The quantitative estimate of drug-likeness (QED) is 0.639. The summed E-state index contributed by atoms with van der Waals surface area (Å²) in [6, 6.07) is 2.41. The standard InChI is InChI=1S/C20H21Br/c1-13-10-18-15-8-4-5-9-16(15)20(21)12-19(18)17(13)11-14-6-2-3-7-14/h2-3,6-7,12,14H,4-5,8-11H2,1H3. The van der Waals surface area contributed by atoms with E-state index in [1.165, 1.54) is 42.1 Å². The molecule has 0 atom stereocenters. The molecule has 0 amide bonds. The molecule has 0 bridgehead atoms. The van der Waals surface area contributed by atoms with Gasteiger partial charge in [-0.15, -0.1) is 0 Å². The maximum absolute atomic E-state index is 3.85. The zero-order valence-electron chi connectivity index (χ0n) is 12.6. The van der Waals surface area contributed by atoms with Crippen molar-refractivity contribution in [3.63, 3.8) is 0 Å². The average molecular weight is 341 g/mol. The third-order valence-electron chi connectivity index (χ3n) is 5.27. The van der Waals surface area contributed by atoms with Crippen molar-refractivity contribution in [3.8, 4) is 0 Å². The number of halogens is 1. The first-order valence-electron chi connectivity index (χ1n) is 8.11. The molecule has 1 aromatic rings. The van der Waals surface area contributed by atoms with Crippen LogP contribution in [0.25, 0.3) is 5.57 Å². The zero-order chi connectivity index (χ0) is 14.4. The van der Waals surface area contributed by atoms with Gasteiger partial charge in [-0.3, -0.25) is 0 Å². The fourth-order valence-electron chi connectivity index (χ4n) is 4.17. The van der Waals surface area contributed by atoms with Gasteiger partial charge in [0.2, 0.25) is 0 Å². The number of hydrogen-bond donors (Lipinski definition) is 0. The molecule has 0 unspecified atom stereocenters. The van der Waals surface area contributed by atoms with E-state index >= 15 is 0 Å². The van der Waals surface area contributed by atoms with Crippen molar-refractivity contribution >= 4 is 21.5 Å². The number of allylic oxidation sites excluding steroid dienone is 6. The highest BCUT2D eigenvalue weighted by Crippen LogP contribution is 2.44. The van der Waals surface area contributed by atoms with Crippen LogP contribution < -0.4 is 0 Å². The van der Waals surface area contributed by atoms with Crippen LogP contribution in [0.5, 0.6) is 0 Å². The van der Waals surface area contributed by atoms with Crippen LogP contribution in [0.15, 0.2) is 40.4 Å². The lowest BCUT2D eigenvalue weighted by Crippen LogP contribution is -2.08. The van der Waals surface area contributed by atoms with Gasteiger partial charge < -0.3 is 0 Å². The van der Waals surface area contributed by atoms with E-state index in [0.29, 0.717) is 5.92 Å². The fraction of sp³-hybridized carbons (Fsp3) is 0.400. The SMILES string of the molecule is CC1=C(CC2C=CC=C2)c2cc(Br)c3c(c2C1)CCCC3. The zero-order valence-corrected chi connectivity index (χ0v) is 14.2. The second kappa shape index (κ2) is 5.28. The van der Waals surface area contributed by atoms with E-state index in [2.05, 4.69) is 53.2 Å². The third-order valence-corrected chi connectivity index (χ3v) is 5.97. The van der Waals surface area contributed by atoms with Crippen molar-refractivity contribution in [1.82, 2.24) is 0 Å². The van der Waals surface area contributed by atoms with Crippen molar-refractivity contribution in [2.24, 2.45) is 5.92 Å². The van der Waals surface area contributed by atoms with Crippen molar-refractivity contribution in [2.45, 2.75) is 45.4 Å². The van der Waals surface area contributed by atoms with Crippen LogP contribution in [0.3, 0.4) is 0 Å². The number of hydrogen-bond acceptors (Lipinski definition) is 0. The van der Waals surface area contributed by atoms with Crippen LogP contribution in [-0.2, 0) is 19.3 Å². The largest absolute Gasteiger partial charge is 0.0773 e. The van der Waals surface area contributed by atoms with Gasteiger partial charge in [-0.1, -0.05) is 45.8 Å². The van der Waals surface area contributed by atoms with E-state index in [-0.39, 0.29) is 0 Å². The van der Waals surface area contributed by atoms with E-state index in [1.54, 1.807) is 27.8 Å². The molecule has 0 aliphatic heterocycles. The van der Waals surface area contributed by atoms with Gasteiger partial charge in [0.15, 0.2) is 0 Å². The molecule has 108 valence electrons. The fourth-order valence-corrected chi connectivity index (χ4v) is 4.84. The average Bonchev–Trinajstić information content (AvgIpc) is 3.10. The number of benzene rings is 1. The van der Waals surface area contributed by atoms with Gasteiger partial charge in [-0.05, 0) is 85.3 Å². The van der Waals surface area contributed by atoms with E-state index < -0.39 is 0 Å². The molecule has 0 aromatic heterocycles. The maximum atomic E-state index is 3.85. The molecule has 0 fully saturated rings. The second-order valence-corrected chi connectivity index (χ2v) is 7.48. The maximum Gasteiger partial charge on any atom is 0.0216 e. The van der Waals surface area contributed by atoms with Crippen molar-refractivity contribution in [3.05, 3.63) is 62.7 Å². The molecule has 0 spiro atoms. The Morgan fingerprint density at radius 2 is 1.76 bits per heavy atom. The molecule has 0 radical (unpaired) electrons. The molecule has 0 heterocycles. The molecule has 21 heavy (non-hydrogen) atoms. The molecular weight excluding hydrogens is 320 g/mol. The monoisotopic (exact) mass is 340 g/mol. The molecule has 1 heteroatoms. The minimum absolute atomic E-state index is 0.593. The number of fused-ring (bicyclic) bond motifs is 3. The topological polar surface area (TPSA) is 0 Å². The highest BCUT2D eigenvalue weighted by molar-refractivity contribution is 9.10. The first-order valence-corrected chi connectivity index (χ1v) is 8.90. The molecule has 0 nitrogen and oxygen atoms in total. The lowest BCUT2D eigenvalue weighted by molar-refractivity contribution is 0.677. The summed E-state index contributed by atoms with van der Waals surface area (Å²) < 4.78 is 1.35. The van der Waals surface area contributed by atoms with Gasteiger partial charge in [0.1, 0.15) is 0 Å². The highest BCUT2D eigenvalue weighted by Gasteiger charge is 2.27. The predicted octanol–water partition coefficient (Wildman–Crippen LogP) is 5.79. The molecule has 3 aliphatic rings. The van der Waals surface area contributed by atoms with Gasteiger partial charge in [-0.25, -0.2) is 0 Å². The molecule has 0 N–H and O–H groups in total. The van der Waals surface area contributed by atoms with Crippen molar-refractivity contribution in [1.29, 1.82) is 0 Å². The Balaban J connectivity index is 1.76. The Kier molecular flexibility index (Phi) is 3.41. The Bertz CT molecular complexity index is 676. The van der Waals surface area contributed by atoms with E-state index in [4.69, 9.17) is 0 Å². The summed E-state index contributed by atoms with van der Waals surface area (Å²) in [5.41, 5.74) is 9.62. The molecule has 0 saturated carbocycles. The first-order chi connectivity index (χ1) is 10.2.